The van der Waals surface area contributed by atoms with Gasteiger partial charge in [0.1, 0.15) is 36.3 Å². The number of phenols is 2. The van der Waals surface area contributed by atoms with Gasteiger partial charge in [0.15, 0.2) is 17.8 Å². The average Bonchev–Trinajstić information content (AvgIpc) is 2.92. The Hall–Kier alpha value is -2.93. The molecule has 6 N–H and O–H groups in total. The predicted octanol–water partition coefficient (Wildman–Crippen LogP) is 0.789. The molecule has 38 heavy (non-hydrogen) atoms. The molecule has 11 nitrogen and oxygen atoms in total. The van der Waals surface area contributed by atoms with Crippen LogP contribution >= 0.6 is 0 Å². The third kappa shape index (κ3) is 8.03. The molecule has 0 amide bonds. The highest BCUT2D eigenvalue weighted by Crippen LogP contribution is 2.29. The van der Waals surface area contributed by atoms with E-state index < -0.39 is 49.5 Å². The summed E-state index contributed by atoms with van der Waals surface area (Å²) in [4.78, 5) is 11.3. The molecule has 1 aliphatic rings. The molecular weight excluding hydrogens is 500 g/mol. The second-order valence-electron chi connectivity index (χ2n) is 9.29. The first kappa shape index (κ1) is 29.6. The van der Waals surface area contributed by atoms with E-state index in [1.165, 1.54) is 12.1 Å². The van der Waals surface area contributed by atoms with Gasteiger partial charge in [0, 0.05) is 6.42 Å². The van der Waals surface area contributed by atoms with E-state index in [1.54, 1.807) is 13.2 Å². The molecule has 0 aliphatic carbocycles. The molecule has 0 saturated carbocycles. The number of aromatic hydroxyl groups is 2. The molecule has 2 aromatic rings. The molecule has 7 atom stereocenters. The van der Waals surface area contributed by atoms with Crippen molar-refractivity contribution in [2.45, 2.75) is 75.0 Å². The van der Waals surface area contributed by atoms with Crippen LogP contribution in [0.25, 0.3) is 0 Å². The summed E-state index contributed by atoms with van der Waals surface area (Å²) in [6, 6.07) is 11.9. The van der Waals surface area contributed by atoms with Crippen molar-refractivity contribution in [2.75, 3.05) is 13.7 Å². The van der Waals surface area contributed by atoms with Crippen LogP contribution in [0.5, 0.6) is 17.2 Å². The van der Waals surface area contributed by atoms with Crippen molar-refractivity contribution in [1.82, 2.24) is 0 Å². The Balaban J connectivity index is 1.73. The lowest BCUT2D eigenvalue weighted by molar-refractivity contribution is -0.313. The number of hydrogen-bond acceptors (Lipinski definition) is 11. The van der Waals surface area contributed by atoms with Crippen LogP contribution in [0.15, 0.2) is 42.5 Å². The molecule has 1 aliphatic heterocycles. The van der Waals surface area contributed by atoms with E-state index in [9.17, 15) is 35.4 Å². The zero-order valence-corrected chi connectivity index (χ0v) is 21.1. The molecular formula is C27H36O11. The summed E-state index contributed by atoms with van der Waals surface area (Å²) in [6.07, 6.45) is -6.41. The Morgan fingerprint density at radius 3 is 2.18 bits per heavy atom. The van der Waals surface area contributed by atoms with E-state index >= 15 is 0 Å². The number of aliphatic hydroxyl groups is 4. The van der Waals surface area contributed by atoms with Gasteiger partial charge in [-0.05, 0) is 61.1 Å². The largest absolute Gasteiger partial charge is 0.504 e. The van der Waals surface area contributed by atoms with E-state index in [0.717, 1.165) is 11.3 Å². The number of aryl methyl sites for hydroxylation is 2. The van der Waals surface area contributed by atoms with Gasteiger partial charge in [-0.15, -0.1) is 0 Å². The first-order chi connectivity index (χ1) is 18.2. The number of phenolic OH excluding ortho intramolecular Hbond substituents is 2. The summed E-state index contributed by atoms with van der Waals surface area (Å²) >= 11 is 0. The topological polar surface area (TPSA) is 175 Å². The third-order valence-electron chi connectivity index (χ3n) is 6.66. The smallest absolute Gasteiger partial charge is 0.293 e. The lowest BCUT2D eigenvalue weighted by atomic mass is 9.97. The number of aliphatic hydroxyl groups excluding tert-OH is 4. The van der Waals surface area contributed by atoms with Gasteiger partial charge in [0.05, 0.1) is 19.8 Å². The fraction of sp³-hybridized carbons (Fsp3) is 0.519. The van der Waals surface area contributed by atoms with Crippen molar-refractivity contribution in [2.24, 2.45) is 0 Å². The summed E-state index contributed by atoms with van der Waals surface area (Å²) < 4.78 is 22.0. The molecule has 0 bridgehead atoms. The van der Waals surface area contributed by atoms with Crippen LogP contribution in [-0.2, 0) is 31.8 Å². The second kappa shape index (κ2) is 14.3. The summed E-state index contributed by atoms with van der Waals surface area (Å²) in [6.45, 7) is -0.234. The van der Waals surface area contributed by atoms with Crippen molar-refractivity contribution >= 4 is 6.47 Å². The van der Waals surface area contributed by atoms with Crippen molar-refractivity contribution in [3.63, 3.8) is 0 Å². The number of methoxy groups -OCH3 is 1. The van der Waals surface area contributed by atoms with Gasteiger partial charge in [0.2, 0.25) is 0 Å². The van der Waals surface area contributed by atoms with Crippen LogP contribution in [0.1, 0.15) is 30.4 Å². The average molecular weight is 537 g/mol. The van der Waals surface area contributed by atoms with E-state index in [1.807, 2.05) is 24.3 Å². The fourth-order valence-electron chi connectivity index (χ4n) is 4.40. The molecule has 0 radical (unpaired) electrons. The van der Waals surface area contributed by atoms with E-state index in [-0.39, 0.29) is 17.9 Å². The van der Waals surface area contributed by atoms with Crippen LogP contribution in [0.2, 0.25) is 0 Å². The van der Waals surface area contributed by atoms with Gasteiger partial charge in [-0.1, -0.05) is 18.2 Å². The number of carbonyl (C=O) groups excluding carboxylic acids is 1. The normalized spacial score (nSPS) is 24.9. The Labute approximate surface area is 220 Å². The highest BCUT2D eigenvalue weighted by Gasteiger charge is 2.45. The number of carbonyl (C=O) groups is 1. The molecule has 2 aromatic carbocycles. The summed E-state index contributed by atoms with van der Waals surface area (Å²) in [7, 11) is 1.58. The van der Waals surface area contributed by atoms with Crippen LogP contribution in [0, 0.1) is 0 Å². The van der Waals surface area contributed by atoms with Crippen LogP contribution in [-0.4, -0.2) is 93.7 Å². The van der Waals surface area contributed by atoms with Gasteiger partial charge in [-0.2, -0.15) is 0 Å². The van der Waals surface area contributed by atoms with Crippen molar-refractivity contribution in [3.8, 4) is 17.2 Å². The van der Waals surface area contributed by atoms with Gasteiger partial charge in [-0.3, -0.25) is 4.79 Å². The number of rotatable bonds is 14. The molecule has 1 heterocycles. The van der Waals surface area contributed by atoms with E-state index in [4.69, 9.17) is 18.9 Å². The minimum atomic E-state index is -1.60. The quantitative estimate of drug-likeness (QED) is 0.149. The molecule has 0 aromatic heterocycles. The molecule has 0 spiro atoms. The first-order valence-electron chi connectivity index (χ1n) is 12.4. The van der Waals surface area contributed by atoms with Gasteiger partial charge < -0.3 is 49.6 Å². The minimum absolute atomic E-state index is 0.216. The monoisotopic (exact) mass is 536 g/mol. The lowest BCUT2D eigenvalue weighted by Gasteiger charge is -2.41. The maximum Gasteiger partial charge on any atom is 0.293 e. The number of ether oxygens (including phenoxy) is 4. The third-order valence-corrected chi connectivity index (χ3v) is 6.66. The van der Waals surface area contributed by atoms with E-state index in [0.29, 0.717) is 37.7 Å². The molecule has 1 saturated heterocycles. The summed E-state index contributed by atoms with van der Waals surface area (Å²) in [5.74, 6) is 0.208. The van der Waals surface area contributed by atoms with Gasteiger partial charge >= 0.3 is 0 Å². The molecule has 3 rings (SSSR count). The molecule has 210 valence electrons. The van der Waals surface area contributed by atoms with Crippen molar-refractivity contribution in [3.05, 3.63) is 53.6 Å². The Kier molecular flexibility index (Phi) is 11.1. The Bertz CT molecular complexity index is 997. The number of benzene rings is 2. The molecule has 0 unspecified atom stereocenters. The predicted molar refractivity (Wildman–Crippen MR) is 134 cm³/mol. The Morgan fingerprint density at radius 2 is 1.55 bits per heavy atom. The number of hydrogen-bond donors (Lipinski definition) is 6. The lowest BCUT2D eigenvalue weighted by Crippen LogP contribution is -2.59. The molecule has 11 heteroatoms. The highest BCUT2D eigenvalue weighted by molar-refractivity contribution is 5.40. The minimum Gasteiger partial charge on any atom is -0.504 e. The van der Waals surface area contributed by atoms with Crippen molar-refractivity contribution in [1.29, 1.82) is 0 Å². The Morgan fingerprint density at radius 1 is 0.895 bits per heavy atom. The van der Waals surface area contributed by atoms with Gasteiger partial charge in [0.25, 0.3) is 6.47 Å². The SMILES string of the molecule is COc1ccc(CC[C@@H](C[C@H](CCc2ccc(O)c(O)c2)O[C@@H]2O[C@H](CO)[C@@H](O)[C@H](O)[C@H]2O)OC=O)cc1. The zero-order valence-electron chi connectivity index (χ0n) is 21.1. The maximum absolute atomic E-state index is 11.3. The van der Waals surface area contributed by atoms with Crippen LogP contribution in [0.3, 0.4) is 0 Å². The highest BCUT2D eigenvalue weighted by atomic mass is 16.7. The van der Waals surface area contributed by atoms with Crippen LogP contribution < -0.4 is 4.74 Å². The standard InChI is InChI=1S/C27H36O11/c1-35-18-7-2-16(3-8-18)4-9-19(36-15-29)13-20(10-5-17-6-11-21(30)22(31)12-17)37-27-26(34)25(33)24(32)23(14-28)38-27/h2-3,6-8,11-12,15,19-20,23-28,30-34H,4-5,9-10,13-14H2,1H3/t19-,20-,23+,24+,25-,26+,27+/m0/s1. The summed E-state index contributed by atoms with van der Waals surface area (Å²) in [5.41, 5.74) is 1.71. The first-order valence-corrected chi connectivity index (χ1v) is 12.4. The van der Waals surface area contributed by atoms with Gasteiger partial charge in [-0.25, -0.2) is 0 Å². The fourth-order valence-corrected chi connectivity index (χ4v) is 4.40. The second-order valence-corrected chi connectivity index (χ2v) is 9.29. The molecule has 1 fully saturated rings. The van der Waals surface area contributed by atoms with Crippen molar-refractivity contribution < 1.29 is 54.4 Å². The van der Waals surface area contributed by atoms with Crippen LogP contribution in [0.4, 0.5) is 0 Å². The zero-order chi connectivity index (χ0) is 27.7. The summed E-state index contributed by atoms with van der Waals surface area (Å²) in [5, 5.41) is 59.6. The van der Waals surface area contributed by atoms with E-state index in [2.05, 4.69) is 0 Å². The maximum atomic E-state index is 11.3.